The van der Waals surface area contributed by atoms with E-state index in [-0.39, 0.29) is 18.1 Å². The Labute approximate surface area is 85.8 Å². The van der Waals surface area contributed by atoms with Crippen LogP contribution in [0.25, 0.3) is 0 Å². The van der Waals surface area contributed by atoms with Crippen LogP contribution in [0, 0.1) is 11.8 Å². The monoisotopic (exact) mass is 200 g/mol. The predicted octanol–water partition coefficient (Wildman–Crippen LogP) is 2.19. The first kappa shape index (κ1) is 13.1. The van der Waals surface area contributed by atoms with Crippen LogP contribution in [0.5, 0.6) is 0 Å². The number of esters is 1. The Morgan fingerprint density at radius 2 is 1.79 bits per heavy atom. The molecule has 0 saturated heterocycles. The van der Waals surface area contributed by atoms with Crippen molar-refractivity contribution in [2.75, 3.05) is 6.61 Å². The molecule has 3 nitrogen and oxygen atoms in total. The van der Waals surface area contributed by atoms with E-state index in [1.54, 1.807) is 6.92 Å². The molecule has 0 amide bonds. The molecule has 0 heterocycles. The first-order valence-electron chi connectivity index (χ1n) is 5.21. The summed E-state index contributed by atoms with van der Waals surface area (Å²) >= 11 is 0. The molecule has 0 aliphatic heterocycles. The summed E-state index contributed by atoms with van der Waals surface area (Å²) in [7, 11) is 0. The van der Waals surface area contributed by atoms with Gasteiger partial charge in [-0.3, -0.25) is 9.59 Å². The number of hydrogen-bond acceptors (Lipinski definition) is 3. The van der Waals surface area contributed by atoms with E-state index in [1.807, 2.05) is 20.8 Å². The fraction of sp³-hybridized carbons (Fsp3) is 0.818. The Hall–Kier alpha value is -0.860. The smallest absolute Gasteiger partial charge is 0.313 e. The molecule has 0 aromatic heterocycles. The van der Waals surface area contributed by atoms with Crippen LogP contribution in [0.1, 0.15) is 40.5 Å². The van der Waals surface area contributed by atoms with Gasteiger partial charge < -0.3 is 4.74 Å². The summed E-state index contributed by atoms with van der Waals surface area (Å²) < 4.78 is 4.72. The van der Waals surface area contributed by atoms with Gasteiger partial charge in [-0.15, -0.1) is 0 Å². The molecule has 0 aliphatic carbocycles. The highest BCUT2D eigenvalue weighted by Crippen LogP contribution is 2.16. The average molecular weight is 200 g/mol. The highest BCUT2D eigenvalue weighted by atomic mass is 16.5. The van der Waals surface area contributed by atoms with Crippen LogP contribution in [-0.4, -0.2) is 18.4 Å². The standard InChI is InChI=1S/C11H20O3/c1-5-8(3)9(4)10(12)7-11(13)14-6-2/h8-9H,5-7H2,1-4H3/t8-,9+/m0/s1. The van der Waals surface area contributed by atoms with Crippen molar-refractivity contribution in [1.82, 2.24) is 0 Å². The van der Waals surface area contributed by atoms with Crippen LogP contribution >= 0.6 is 0 Å². The summed E-state index contributed by atoms with van der Waals surface area (Å²) in [6.07, 6.45) is 0.870. The number of ketones is 1. The van der Waals surface area contributed by atoms with Crippen molar-refractivity contribution >= 4 is 11.8 Å². The molecule has 0 aromatic rings. The van der Waals surface area contributed by atoms with Gasteiger partial charge in [0.25, 0.3) is 0 Å². The highest BCUT2D eigenvalue weighted by Gasteiger charge is 2.21. The number of Topliss-reactive ketones (excluding diaryl/α,β-unsaturated/α-hetero) is 1. The lowest BCUT2D eigenvalue weighted by molar-refractivity contribution is -0.146. The molecule has 0 spiro atoms. The number of hydrogen-bond donors (Lipinski definition) is 0. The number of ether oxygens (including phenoxy) is 1. The summed E-state index contributed by atoms with van der Waals surface area (Å²) in [5.74, 6) is -0.146. The second-order valence-electron chi connectivity index (χ2n) is 3.62. The minimum absolute atomic E-state index is 0.0159. The van der Waals surface area contributed by atoms with Crippen LogP contribution in [-0.2, 0) is 14.3 Å². The molecular weight excluding hydrogens is 180 g/mol. The third kappa shape index (κ3) is 4.40. The van der Waals surface area contributed by atoms with Crippen molar-refractivity contribution in [3.63, 3.8) is 0 Å². The topological polar surface area (TPSA) is 43.4 Å². The summed E-state index contributed by atoms with van der Waals surface area (Å²) in [4.78, 5) is 22.6. The molecule has 0 unspecified atom stereocenters. The van der Waals surface area contributed by atoms with Gasteiger partial charge >= 0.3 is 5.97 Å². The quantitative estimate of drug-likeness (QED) is 0.487. The van der Waals surface area contributed by atoms with Crippen LogP contribution in [0.15, 0.2) is 0 Å². The van der Waals surface area contributed by atoms with E-state index in [1.165, 1.54) is 0 Å². The van der Waals surface area contributed by atoms with Gasteiger partial charge in [0.2, 0.25) is 0 Å². The van der Waals surface area contributed by atoms with Gasteiger partial charge in [0, 0.05) is 5.92 Å². The number of carbonyl (C=O) groups excluding carboxylic acids is 2. The molecule has 0 aliphatic rings. The zero-order chi connectivity index (χ0) is 11.1. The Balaban J connectivity index is 4.01. The molecule has 14 heavy (non-hydrogen) atoms. The third-order valence-corrected chi connectivity index (χ3v) is 2.63. The molecule has 0 fully saturated rings. The third-order valence-electron chi connectivity index (χ3n) is 2.63. The predicted molar refractivity (Wildman–Crippen MR) is 54.9 cm³/mol. The molecule has 2 atom stereocenters. The lowest BCUT2D eigenvalue weighted by Gasteiger charge is -2.16. The van der Waals surface area contributed by atoms with E-state index in [0.29, 0.717) is 12.5 Å². The maximum absolute atomic E-state index is 11.5. The summed E-state index contributed by atoms with van der Waals surface area (Å²) in [5, 5.41) is 0. The van der Waals surface area contributed by atoms with Crippen molar-refractivity contribution in [2.45, 2.75) is 40.5 Å². The van der Waals surface area contributed by atoms with Gasteiger partial charge in [0.15, 0.2) is 0 Å². The summed E-state index contributed by atoms with van der Waals surface area (Å²) in [6.45, 7) is 8.01. The van der Waals surface area contributed by atoms with Gasteiger partial charge in [-0.1, -0.05) is 27.2 Å². The molecule has 82 valence electrons. The van der Waals surface area contributed by atoms with Crippen LogP contribution in [0.3, 0.4) is 0 Å². The molecule has 0 saturated carbocycles. The molecule has 0 rings (SSSR count). The number of carbonyl (C=O) groups is 2. The van der Waals surface area contributed by atoms with Crippen molar-refractivity contribution in [2.24, 2.45) is 11.8 Å². The Morgan fingerprint density at radius 1 is 1.21 bits per heavy atom. The maximum Gasteiger partial charge on any atom is 0.313 e. The Bertz CT molecular complexity index is 199. The van der Waals surface area contributed by atoms with Crippen LogP contribution in [0.2, 0.25) is 0 Å². The van der Waals surface area contributed by atoms with Crippen LogP contribution < -0.4 is 0 Å². The average Bonchev–Trinajstić information content (AvgIpc) is 2.15. The van der Waals surface area contributed by atoms with Crippen LogP contribution in [0.4, 0.5) is 0 Å². The number of rotatable bonds is 6. The molecule has 0 radical (unpaired) electrons. The maximum atomic E-state index is 11.5. The first-order chi connectivity index (χ1) is 6.52. The van der Waals surface area contributed by atoms with E-state index in [2.05, 4.69) is 0 Å². The van der Waals surface area contributed by atoms with Gasteiger partial charge in [-0.05, 0) is 12.8 Å². The van der Waals surface area contributed by atoms with Gasteiger partial charge in [0.05, 0.1) is 6.61 Å². The Morgan fingerprint density at radius 3 is 2.21 bits per heavy atom. The normalized spacial score (nSPS) is 14.6. The minimum Gasteiger partial charge on any atom is -0.466 e. The zero-order valence-corrected chi connectivity index (χ0v) is 9.50. The second kappa shape index (κ2) is 6.57. The highest BCUT2D eigenvalue weighted by molar-refractivity contribution is 5.96. The molecule has 3 heteroatoms. The van der Waals surface area contributed by atoms with Crippen molar-refractivity contribution < 1.29 is 14.3 Å². The van der Waals surface area contributed by atoms with Crippen molar-refractivity contribution in [1.29, 1.82) is 0 Å². The molecule has 0 bridgehead atoms. The van der Waals surface area contributed by atoms with E-state index in [9.17, 15) is 9.59 Å². The van der Waals surface area contributed by atoms with E-state index >= 15 is 0 Å². The fourth-order valence-electron chi connectivity index (χ4n) is 1.19. The lowest BCUT2D eigenvalue weighted by atomic mass is 9.89. The summed E-state index contributed by atoms with van der Waals surface area (Å²) in [6, 6.07) is 0. The van der Waals surface area contributed by atoms with Crippen molar-refractivity contribution in [3.8, 4) is 0 Å². The summed E-state index contributed by atoms with van der Waals surface area (Å²) in [5.41, 5.74) is 0. The van der Waals surface area contributed by atoms with Gasteiger partial charge in [-0.25, -0.2) is 0 Å². The molecule has 0 aromatic carbocycles. The zero-order valence-electron chi connectivity index (χ0n) is 9.50. The van der Waals surface area contributed by atoms with E-state index < -0.39 is 5.97 Å². The van der Waals surface area contributed by atoms with E-state index in [0.717, 1.165) is 6.42 Å². The SMILES string of the molecule is CCOC(=O)CC(=O)[C@H](C)[C@@H](C)CC. The molecule has 0 N–H and O–H groups in total. The van der Waals surface area contributed by atoms with Crippen molar-refractivity contribution in [3.05, 3.63) is 0 Å². The van der Waals surface area contributed by atoms with E-state index in [4.69, 9.17) is 4.74 Å². The van der Waals surface area contributed by atoms with Gasteiger partial charge in [-0.2, -0.15) is 0 Å². The second-order valence-corrected chi connectivity index (χ2v) is 3.62. The minimum atomic E-state index is -0.410. The largest absolute Gasteiger partial charge is 0.466 e. The lowest BCUT2D eigenvalue weighted by Crippen LogP contribution is -2.22. The molecular formula is C11H20O3. The first-order valence-corrected chi connectivity index (χ1v) is 5.21. The van der Waals surface area contributed by atoms with Gasteiger partial charge in [0.1, 0.15) is 12.2 Å². The Kier molecular flexibility index (Phi) is 6.17. The fourth-order valence-corrected chi connectivity index (χ4v) is 1.19.